The number of carbonyl (C=O) groups excluding carboxylic acids is 1. The van der Waals surface area contributed by atoms with Gasteiger partial charge in [-0.3, -0.25) is 4.99 Å². The van der Waals surface area contributed by atoms with E-state index in [0.29, 0.717) is 0 Å². The van der Waals surface area contributed by atoms with E-state index in [2.05, 4.69) is 70.7 Å². The van der Waals surface area contributed by atoms with Crippen LogP contribution in [0.3, 0.4) is 0 Å². The molecule has 0 fully saturated rings. The Morgan fingerprint density at radius 2 is 1.85 bits per heavy atom. The van der Waals surface area contributed by atoms with Crippen LogP contribution in [-0.2, 0) is 17.6 Å². The van der Waals surface area contributed by atoms with E-state index in [1.807, 2.05) is 26.3 Å². The van der Waals surface area contributed by atoms with Gasteiger partial charge in [0.2, 0.25) is 0 Å². The summed E-state index contributed by atoms with van der Waals surface area (Å²) < 4.78 is 5.59. The van der Waals surface area contributed by atoms with E-state index in [1.165, 1.54) is 12.5 Å². The number of aryl methyl sites for hydroxylation is 2. The third-order valence-corrected chi connectivity index (χ3v) is 4.88. The molecule has 1 heterocycles. The lowest BCUT2D eigenvalue weighted by Crippen LogP contribution is -1.97. The van der Waals surface area contributed by atoms with Crippen molar-refractivity contribution >= 4 is 29.0 Å². The molecule has 2 aromatic carbocycles. The predicted molar refractivity (Wildman–Crippen MR) is 140 cm³/mol. The Balaban J connectivity index is 0.00000101. The highest BCUT2D eigenvalue weighted by Crippen LogP contribution is 2.30. The first-order chi connectivity index (χ1) is 16.2. The standard InChI is InChI=1S/C24H27N3O.C2H4O.C2H6/c1-4-19-14-23-21(15-24(19)28-3)22(17-26-27-23)20(16-25-2)13-9-8-12-18-10-6-5-7-11-18;1-2-3;1-2/h5-7,10-11,13-17H,4,8-9,12H2,1-3H3;2H,1H3;1-2H3/b20-13+,25-16?;;. The van der Waals surface area contributed by atoms with Gasteiger partial charge in [-0.2, -0.15) is 10.2 Å². The van der Waals surface area contributed by atoms with E-state index in [4.69, 9.17) is 9.53 Å². The summed E-state index contributed by atoms with van der Waals surface area (Å²) in [5.74, 6) is 0.890. The fourth-order valence-corrected chi connectivity index (χ4v) is 3.40. The first-order valence-corrected chi connectivity index (χ1v) is 11.6. The molecule has 33 heavy (non-hydrogen) atoms. The summed E-state index contributed by atoms with van der Waals surface area (Å²) in [6.45, 7) is 7.56. The molecule has 0 aliphatic heterocycles. The molecule has 0 bridgehead atoms. The average molecular weight is 448 g/mol. The van der Waals surface area contributed by atoms with Gasteiger partial charge in [0.05, 0.1) is 18.8 Å². The molecule has 0 spiro atoms. The fraction of sp³-hybridized carbons (Fsp3) is 0.357. The van der Waals surface area contributed by atoms with E-state index in [1.54, 1.807) is 14.2 Å². The highest BCUT2D eigenvalue weighted by atomic mass is 16.5. The van der Waals surface area contributed by atoms with Crippen LogP contribution in [0.25, 0.3) is 16.5 Å². The minimum atomic E-state index is 0.750. The van der Waals surface area contributed by atoms with Crippen LogP contribution in [0.15, 0.2) is 59.7 Å². The van der Waals surface area contributed by atoms with Crippen LogP contribution in [0.4, 0.5) is 0 Å². The number of aromatic nitrogens is 2. The summed E-state index contributed by atoms with van der Waals surface area (Å²) in [4.78, 5) is 13.1. The maximum absolute atomic E-state index is 8.81. The lowest BCUT2D eigenvalue weighted by atomic mass is 9.99. The molecule has 0 aliphatic rings. The Bertz CT molecular complexity index is 1030. The zero-order valence-electron chi connectivity index (χ0n) is 20.8. The van der Waals surface area contributed by atoms with Gasteiger partial charge in [0.25, 0.3) is 0 Å². The van der Waals surface area contributed by atoms with Gasteiger partial charge in [-0.1, -0.05) is 57.2 Å². The number of benzene rings is 2. The SMILES string of the molecule is CC.CC=O.CCc1cc2nncc(/C(C=NC)=C/CCCc3ccccc3)c2cc1OC. The lowest BCUT2D eigenvalue weighted by Gasteiger charge is -2.11. The van der Waals surface area contributed by atoms with Crippen molar-refractivity contribution in [2.24, 2.45) is 4.99 Å². The topological polar surface area (TPSA) is 64.4 Å². The number of rotatable bonds is 8. The number of methoxy groups -OCH3 is 1. The Labute approximate surface area is 198 Å². The molecule has 0 atom stereocenters. The van der Waals surface area contributed by atoms with Crippen molar-refractivity contribution in [2.45, 2.75) is 53.4 Å². The number of aliphatic imine (C=N–C) groups is 1. The summed E-state index contributed by atoms with van der Waals surface area (Å²) in [6.07, 6.45) is 10.7. The molecule has 3 rings (SSSR count). The lowest BCUT2D eigenvalue weighted by molar-refractivity contribution is -0.106. The van der Waals surface area contributed by atoms with Crippen molar-refractivity contribution in [2.75, 3.05) is 14.2 Å². The monoisotopic (exact) mass is 447 g/mol. The summed E-state index contributed by atoms with van der Waals surface area (Å²) in [5, 5.41) is 9.60. The Hall–Kier alpha value is -3.34. The molecule has 5 nitrogen and oxygen atoms in total. The van der Waals surface area contributed by atoms with Crippen molar-refractivity contribution in [3.05, 3.63) is 71.4 Å². The number of nitrogens with zero attached hydrogens (tertiary/aromatic N) is 3. The van der Waals surface area contributed by atoms with Crippen molar-refractivity contribution in [1.82, 2.24) is 10.2 Å². The minimum absolute atomic E-state index is 0.750. The van der Waals surface area contributed by atoms with Gasteiger partial charge < -0.3 is 9.53 Å². The van der Waals surface area contributed by atoms with Crippen molar-refractivity contribution in [3.63, 3.8) is 0 Å². The van der Waals surface area contributed by atoms with Crippen LogP contribution in [0.5, 0.6) is 5.75 Å². The molecule has 3 aromatic rings. The first-order valence-electron chi connectivity index (χ1n) is 11.6. The third-order valence-electron chi connectivity index (χ3n) is 4.88. The third kappa shape index (κ3) is 8.60. The average Bonchev–Trinajstić information content (AvgIpc) is 2.87. The van der Waals surface area contributed by atoms with Crippen LogP contribution < -0.4 is 4.74 Å². The summed E-state index contributed by atoms with van der Waals surface area (Å²) in [5.41, 5.74) is 5.50. The van der Waals surface area contributed by atoms with E-state index >= 15 is 0 Å². The Morgan fingerprint density at radius 1 is 1.15 bits per heavy atom. The van der Waals surface area contributed by atoms with Crippen LogP contribution in [0.2, 0.25) is 0 Å². The van der Waals surface area contributed by atoms with Crippen LogP contribution >= 0.6 is 0 Å². The molecule has 0 N–H and O–H groups in total. The second-order valence-corrected chi connectivity index (χ2v) is 6.95. The van der Waals surface area contributed by atoms with E-state index in [-0.39, 0.29) is 0 Å². The van der Waals surface area contributed by atoms with Gasteiger partial charge in [0, 0.05) is 24.2 Å². The van der Waals surface area contributed by atoms with E-state index in [9.17, 15) is 0 Å². The number of hydrogen-bond donors (Lipinski definition) is 0. The maximum Gasteiger partial charge on any atom is 0.122 e. The molecule has 0 aliphatic carbocycles. The molecule has 0 saturated heterocycles. The first kappa shape index (κ1) is 27.7. The number of hydrogen-bond acceptors (Lipinski definition) is 5. The summed E-state index contributed by atoms with van der Waals surface area (Å²) in [6, 6.07) is 14.7. The summed E-state index contributed by atoms with van der Waals surface area (Å²) >= 11 is 0. The van der Waals surface area contributed by atoms with Gasteiger partial charge in [-0.05, 0) is 61.4 Å². The van der Waals surface area contributed by atoms with Gasteiger partial charge >= 0.3 is 0 Å². The number of aldehydes is 1. The second kappa shape index (κ2) is 16.3. The van der Waals surface area contributed by atoms with Crippen LogP contribution in [0.1, 0.15) is 57.2 Å². The van der Waals surface area contributed by atoms with Crippen LogP contribution in [-0.4, -0.2) is 36.9 Å². The minimum Gasteiger partial charge on any atom is -0.496 e. The molecule has 1 aromatic heterocycles. The van der Waals surface area contributed by atoms with E-state index < -0.39 is 0 Å². The number of unbranched alkanes of at least 4 members (excludes halogenated alkanes) is 1. The zero-order valence-corrected chi connectivity index (χ0v) is 20.8. The smallest absolute Gasteiger partial charge is 0.122 e. The molecule has 5 heteroatoms. The van der Waals surface area contributed by atoms with Crippen molar-refractivity contribution in [3.8, 4) is 5.75 Å². The molecule has 176 valence electrons. The molecular formula is C28H37N3O2. The van der Waals surface area contributed by atoms with Gasteiger partial charge in [-0.25, -0.2) is 0 Å². The summed E-state index contributed by atoms with van der Waals surface area (Å²) in [7, 11) is 3.51. The molecule has 0 unspecified atom stereocenters. The molecule has 0 saturated carbocycles. The quantitative estimate of drug-likeness (QED) is 0.223. The number of carbonyl (C=O) groups is 1. The molecule has 0 amide bonds. The number of allylic oxidation sites excluding steroid dienone is 2. The highest BCUT2D eigenvalue weighted by Gasteiger charge is 2.11. The maximum atomic E-state index is 8.81. The largest absolute Gasteiger partial charge is 0.496 e. The Kier molecular flexibility index (Phi) is 13.7. The molecular weight excluding hydrogens is 410 g/mol. The van der Waals surface area contributed by atoms with Crippen molar-refractivity contribution in [1.29, 1.82) is 0 Å². The fourth-order valence-electron chi connectivity index (χ4n) is 3.40. The Morgan fingerprint density at radius 3 is 2.45 bits per heavy atom. The second-order valence-electron chi connectivity index (χ2n) is 6.95. The van der Waals surface area contributed by atoms with Gasteiger partial charge in [-0.15, -0.1) is 0 Å². The van der Waals surface area contributed by atoms with Crippen molar-refractivity contribution < 1.29 is 9.53 Å². The zero-order chi connectivity index (χ0) is 24.5. The normalized spacial score (nSPS) is 10.8. The predicted octanol–water partition coefficient (Wildman–Crippen LogP) is 6.54. The van der Waals surface area contributed by atoms with Gasteiger partial charge in [0.15, 0.2) is 0 Å². The molecule has 0 radical (unpaired) electrons. The number of fused-ring (bicyclic) bond motifs is 1. The number of ether oxygens (including phenoxy) is 1. The van der Waals surface area contributed by atoms with Gasteiger partial charge in [0.1, 0.15) is 12.0 Å². The van der Waals surface area contributed by atoms with Crippen LogP contribution in [0, 0.1) is 0 Å². The highest BCUT2D eigenvalue weighted by molar-refractivity contribution is 6.14. The van der Waals surface area contributed by atoms with E-state index in [0.717, 1.165) is 65.3 Å².